The van der Waals surface area contributed by atoms with E-state index in [0.717, 1.165) is 19.3 Å². The van der Waals surface area contributed by atoms with E-state index in [2.05, 4.69) is 15.9 Å². The Morgan fingerprint density at radius 3 is 2.67 bits per heavy atom. The molecule has 0 saturated heterocycles. The number of nitrogens with zero attached hydrogens (tertiary/aromatic N) is 1. The smallest absolute Gasteiger partial charge is 0.283 e. The van der Waals surface area contributed by atoms with Gasteiger partial charge in [-0.1, -0.05) is 12.5 Å². The maximum absolute atomic E-state index is 10.8. The number of aliphatic hydroxyl groups is 1. The lowest BCUT2D eigenvalue weighted by Gasteiger charge is -2.33. The van der Waals surface area contributed by atoms with E-state index in [9.17, 15) is 15.2 Å². The molecule has 0 unspecified atom stereocenters. The van der Waals surface area contributed by atoms with Crippen molar-refractivity contribution < 1.29 is 10.0 Å². The molecule has 6 heteroatoms. The second kappa shape index (κ2) is 5.34. The number of hydrogen-bond acceptors (Lipinski definition) is 4. The van der Waals surface area contributed by atoms with Crippen LogP contribution in [0, 0.1) is 16.0 Å². The SMILES string of the molecule is N[C@@H](c1ccc(Br)c([N+](=O)[O-])c1)[C@H](O)C1CCC1. The minimum absolute atomic E-state index is 0.0243. The molecule has 1 aromatic carbocycles. The van der Waals surface area contributed by atoms with Crippen molar-refractivity contribution in [3.8, 4) is 0 Å². The van der Waals surface area contributed by atoms with Gasteiger partial charge in [-0.25, -0.2) is 0 Å². The summed E-state index contributed by atoms with van der Waals surface area (Å²) in [5.41, 5.74) is 6.56. The summed E-state index contributed by atoms with van der Waals surface area (Å²) in [7, 11) is 0. The van der Waals surface area contributed by atoms with Crippen LogP contribution >= 0.6 is 15.9 Å². The average Bonchev–Trinajstić information content (AvgIpc) is 2.26. The first-order valence-corrected chi connectivity index (χ1v) is 6.67. The lowest BCUT2D eigenvalue weighted by atomic mass is 9.77. The topological polar surface area (TPSA) is 89.4 Å². The van der Waals surface area contributed by atoms with Gasteiger partial charge in [0.25, 0.3) is 5.69 Å². The van der Waals surface area contributed by atoms with Crippen molar-refractivity contribution in [2.45, 2.75) is 31.4 Å². The number of nitro benzene ring substituents is 1. The number of halogens is 1. The van der Waals surface area contributed by atoms with Gasteiger partial charge in [-0.05, 0) is 46.3 Å². The van der Waals surface area contributed by atoms with Crippen molar-refractivity contribution in [2.75, 3.05) is 0 Å². The highest BCUT2D eigenvalue weighted by atomic mass is 79.9. The van der Waals surface area contributed by atoms with E-state index < -0.39 is 17.1 Å². The van der Waals surface area contributed by atoms with E-state index in [1.54, 1.807) is 12.1 Å². The fraction of sp³-hybridized carbons (Fsp3) is 0.500. The van der Waals surface area contributed by atoms with Crippen molar-refractivity contribution in [1.82, 2.24) is 0 Å². The molecule has 0 amide bonds. The Bertz CT molecular complexity index is 463. The van der Waals surface area contributed by atoms with E-state index in [1.807, 2.05) is 0 Å². The van der Waals surface area contributed by atoms with E-state index >= 15 is 0 Å². The standard InChI is InChI=1S/C12H15BrN2O3/c13-9-5-4-8(6-10(9)15(17)18)11(14)12(16)7-2-1-3-7/h4-7,11-12,16H,1-3,14H2/t11-,12+/m0/s1. The first kappa shape index (κ1) is 13.5. The van der Waals surface area contributed by atoms with Crippen molar-refractivity contribution in [2.24, 2.45) is 11.7 Å². The van der Waals surface area contributed by atoms with Crippen LogP contribution in [-0.2, 0) is 0 Å². The Kier molecular flexibility index (Phi) is 3.99. The molecule has 0 aromatic heterocycles. The zero-order chi connectivity index (χ0) is 13.3. The summed E-state index contributed by atoms with van der Waals surface area (Å²) in [6.07, 6.45) is 2.45. The minimum atomic E-state index is -0.625. The molecule has 1 saturated carbocycles. The lowest BCUT2D eigenvalue weighted by Crippen LogP contribution is -2.36. The third-order valence-electron chi connectivity index (χ3n) is 3.55. The van der Waals surface area contributed by atoms with Gasteiger partial charge in [-0.2, -0.15) is 0 Å². The van der Waals surface area contributed by atoms with Crippen LogP contribution in [0.5, 0.6) is 0 Å². The van der Waals surface area contributed by atoms with Crippen molar-refractivity contribution in [3.05, 3.63) is 38.3 Å². The molecule has 1 aliphatic rings. The molecule has 5 nitrogen and oxygen atoms in total. The quantitative estimate of drug-likeness (QED) is 0.660. The van der Waals surface area contributed by atoms with Gasteiger partial charge in [-0.3, -0.25) is 10.1 Å². The second-order valence-electron chi connectivity index (χ2n) is 4.68. The summed E-state index contributed by atoms with van der Waals surface area (Å²) in [6.45, 7) is 0. The number of nitro groups is 1. The molecule has 2 atom stereocenters. The summed E-state index contributed by atoms with van der Waals surface area (Å²) in [6, 6.07) is 4.17. The predicted molar refractivity (Wildman–Crippen MR) is 71.1 cm³/mol. The number of nitrogens with two attached hydrogens (primary N) is 1. The third kappa shape index (κ3) is 2.55. The van der Waals surface area contributed by atoms with Crippen LogP contribution in [0.2, 0.25) is 0 Å². The molecule has 98 valence electrons. The number of hydrogen-bond donors (Lipinski definition) is 2. The lowest BCUT2D eigenvalue weighted by molar-refractivity contribution is -0.385. The van der Waals surface area contributed by atoms with Gasteiger partial charge in [0.15, 0.2) is 0 Å². The highest BCUT2D eigenvalue weighted by molar-refractivity contribution is 9.10. The molecule has 0 aliphatic heterocycles. The van der Waals surface area contributed by atoms with E-state index in [4.69, 9.17) is 5.73 Å². The van der Waals surface area contributed by atoms with Gasteiger partial charge in [-0.15, -0.1) is 0 Å². The maximum Gasteiger partial charge on any atom is 0.283 e. The molecule has 0 radical (unpaired) electrons. The Morgan fingerprint density at radius 2 is 2.17 bits per heavy atom. The summed E-state index contributed by atoms with van der Waals surface area (Å²) in [4.78, 5) is 10.4. The van der Waals surface area contributed by atoms with Gasteiger partial charge in [0.05, 0.1) is 21.5 Å². The molecule has 1 fully saturated rings. The number of rotatable bonds is 4. The normalized spacial score (nSPS) is 19.1. The predicted octanol–water partition coefficient (Wildman–Crippen LogP) is 2.52. The molecular formula is C12H15BrN2O3. The first-order chi connectivity index (χ1) is 8.50. The van der Waals surface area contributed by atoms with Crippen LogP contribution in [0.1, 0.15) is 30.9 Å². The minimum Gasteiger partial charge on any atom is -0.391 e. The molecule has 1 aromatic rings. The molecule has 3 N–H and O–H groups in total. The fourth-order valence-electron chi connectivity index (χ4n) is 2.15. The van der Waals surface area contributed by atoms with Crippen molar-refractivity contribution in [1.29, 1.82) is 0 Å². The Morgan fingerprint density at radius 1 is 1.50 bits per heavy atom. The number of aliphatic hydroxyl groups excluding tert-OH is 1. The Hall–Kier alpha value is -0.980. The molecule has 0 bridgehead atoms. The summed E-state index contributed by atoms with van der Waals surface area (Å²) in [5.74, 6) is 0.225. The van der Waals surface area contributed by atoms with Crippen molar-refractivity contribution >= 4 is 21.6 Å². The fourth-order valence-corrected chi connectivity index (χ4v) is 2.54. The van der Waals surface area contributed by atoms with E-state index in [-0.39, 0.29) is 11.6 Å². The molecule has 0 heterocycles. The van der Waals surface area contributed by atoms with Gasteiger partial charge in [0.2, 0.25) is 0 Å². The molecule has 2 rings (SSSR count). The van der Waals surface area contributed by atoms with Crippen LogP contribution < -0.4 is 5.73 Å². The zero-order valence-electron chi connectivity index (χ0n) is 9.75. The summed E-state index contributed by atoms with van der Waals surface area (Å²) < 4.78 is 0.418. The van der Waals surface area contributed by atoms with Gasteiger partial charge in [0, 0.05) is 6.07 Å². The van der Waals surface area contributed by atoms with Crippen LogP contribution in [0.25, 0.3) is 0 Å². The van der Waals surface area contributed by atoms with E-state index in [0.29, 0.717) is 10.0 Å². The highest BCUT2D eigenvalue weighted by Crippen LogP contribution is 2.35. The van der Waals surface area contributed by atoms with Crippen LogP contribution in [0.3, 0.4) is 0 Å². The second-order valence-corrected chi connectivity index (χ2v) is 5.53. The third-order valence-corrected chi connectivity index (χ3v) is 4.22. The molecule has 18 heavy (non-hydrogen) atoms. The van der Waals surface area contributed by atoms with Crippen molar-refractivity contribution in [3.63, 3.8) is 0 Å². The molecule has 1 aliphatic carbocycles. The summed E-state index contributed by atoms with van der Waals surface area (Å²) in [5, 5.41) is 20.9. The zero-order valence-corrected chi connectivity index (χ0v) is 11.3. The van der Waals surface area contributed by atoms with Gasteiger partial charge >= 0.3 is 0 Å². The maximum atomic E-state index is 10.8. The Balaban J connectivity index is 2.21. The van der Waals surface area contributed by atoms with Crippen LogP contribution in [0.4, 0.5) is 5.69 Å². The first-order valence-electron chi connectivity index (χ1n) is 5.88. The van der Waals surface area contributed by atoms with Crippen LogP contribution in [-0.4, -0.2) is 16.1 Å². The largest absolute Gasteiger partial charge is 0.391 e. The summed E-state index contributed by atoms with van der Waals surface area (Å²) >= 11 is 3.13. The number of benzene rings is 1. The Labute approximate surface area is 113 Å². The highest BCUT2D eigenvalue weighted by Gasteiger charge is 2.31. The molecular weight excluding hydrogens is 300 g/mol. The average molecular weight is 315 g/mol. The van der Waals surface area contributed by atoms with Gasteiger partial charge in [0.1, 0.15) is 0 Å². The van der Waals surface area contributed by atoms with E-state index in [1.165, 1.54) is 6.07 Å². The monoisotopic (exact) mass is 314 g/mol. The van der Waals surface area contributed by atoms with Crippen LogP contribution in [0.15, 0.2) is 22.7 Å². The van der Waals surface area contributed by atoms with Gasteiger partial charge < -0.3 is 10.8 Å². The molecule has 0 spiro atoms.